The lowest BCUT2D eigenvalue weighted by Gasteiger charge is -2.40. The molecule has 21 heavy (non-hydrogen) atoms. The van der Waals surface area contributed by atoms with Gasteiger partial charge in [-0.05, 0) is 13.8 Å². The van der Waals surface area contributed by atoms with Crippen molar-refractivity contribution in [3.63, 3.8) is 0 Å². The van der Waals surface area contributed by atoms with Crippen molar-refractivity contribution in [1.29, 1.82) is 0 Å². The number of rotatable bonds is 3. The van der Waals surface area contributed by atoms with Crippen LogP contribution in [0.4, 0.5) is 0 Å². The third-order valence-electron chi connectivity index (χ3n) is 3.79. The maximum absolute atomic E-state index is 11.7. The van der Waals surface area contributed by atoms with Gasteiger partial charge in [0.2, 0.25) is 11.7 Å². The molecule has 1 aromatic carbocycles. The number of nitrogens with zero attached hydrogens (tertiary/aromatic N) is 3. The fraction of sp³-hybridized carbons (Fsp3) is 0.467. The monoisotopic (exact) mass is 305 g/mol. The SMILES string of the molecule is CC1(C)C[S@](=O)CCN1Cc1nc(-c2ccccc2)no1. The standard InChI is InChI=1S/C15H19N3O2S/c1-15(2)11-21(19)9-8-18(15)10-13-16-14(17-20-13)12-6-4-3-5-7-12/h3-7H,8-11H2,1-2H3/t21-/m1/s1. The van der Waals surface area contributed by atoms with E-state index in [4.69, 9.17) is 4.52 Å². The summed E-state index contributed by atoms with van der Waals surface area (Å²) in [6.07, 6.45) is 0. The highest BCUT2D eigenvalue weighted by atomic mass is 32.2. The summed E-state index contributed by atoms with van der Waals surface area (Å²) in [5.74, 6) is 2.62. The summed E-state index contributed by atoms with van der Waals surface area (Å²) < 4.78 is 17.1. The van der Waals surface area contributed by atoms with Crippen molar-refractivity contribution in [3.8, 4) is 11.4 Å². The minimum atomic E-state index is -0.721. The molecule has 1 saturated heterocycles. The minimum absolute atomic E-state index is 0.107. The first-order valence-corrected chi connectivity index (χ1v) is 8.51. The van der Waals surface area contributed by atoms with E-state index in [1.54, 1.807) is 0 Å². The van der Waals surface area contributed by atoms with Crippen LogP contribution in [0.1, 0.15) is 19.7 Å². The Morgan fingerprint density at radius 1 is 1.33 bits per heavy atom. The highest BCUT2D eigenvalue weighted by Crippen LogP contribution is 2.23. The predicted molar refractivity (Wildman–Crippen MR) is 82.1 cm³/mol. The molecule has 3 rings (SSSR count). The average Bonchev–Trinajstić information content (AvgIpc) is 2.91. The van der Waals surface area contributed by atoms with Gasteiger partial charge in [0.05, 0.1) is 6.54 Å². The van der Waals surface area contributed by atoms with Crippen molar-refractivity contribution in [1.82, 2.24) is 15.0 Å². The quantitative estimate of drug-likeness (QED) is 0.869. The number of hydrogen-bond donors (Lipinski definition) is 0. The zero-order chi connectivity index (χ0) is 14.9. The summed E-state index contributed by atoms with van der Waals surface area (Å²) in [6, 6.07) is 9.79. The number of hydrogen-bond acceptors (Lipinski definition) is 5. The maximum Gasteiger partial charge on any atom is 0.241 e. The minimum Gasteiger partial charge on any atom is -0.338 e. The van der Waals surface area contributed by atoms with Crippen LogP contribution in [-0.4, -0.2) is 42.8 Å². The topological polar surface area (TPSA) is 59.2 Å². The van der Waals surface area contributed by atoms with Crippen LogP contribution in [0.15, 0.2) is 34.9 Å². The molecule has 0 saturated carbocycles. The molecule has 0 N–H and O–H groups in total. The summed E-state index contributed by atoms with van der Waals surface area (Å²) in [4.78, 5) is 6.72. The van der Waals surface area contributed by atoms with Crippen LogP contribution in [-0.2, 0) is 17.3 Å². The molecule has 5 nitrogen and oxygen atoms in total. The van der Waals surface area contributed by atoms with Crippen molar-refractivity contribution >= 4 is 10.8 Å². The predicted octanol–water partition coefficient (Wildman–Crippen LogP) is 2.08. The molecule has 6 heteroatoms. The first-order valence-electron chi connectivity index (χ1n) is 7.03. The van der Waals surface area contributed by atoms with Crippen LogP contribution >= 0.6 is 0 Å². The van der Waals surface area contributed by atoms with Crippen molar-refractivity contribution in [2.45, 2.75) is 25.9 Å². The Labute approximate surface area is 126 Å². The van der Waals surface area contributed by atoms with Crippen molar-refractivity contribution in [2.24, 2.45) is 0 Å². The Morgan fingerprint density at radius 2 is 2.10 bits per heavy atom. The zero-order valence-corrected chi connectivity index (χ0v) is 13.1. The fourth-order valence-electron chi connectivity index (χ4n) is 2.55. The maximum atomic E-state index is 11.7. The van der Waals surface area contributed by atoms with E-state index in [2.05, 4.69) is 28.9 Å². The van der Waals surface area contributed by atoms with E-state index < -0.39 is 10.8 Å². The Morgan fingerprint density at radius 3 is 2.81 bits per heavy atom. The van der Waals surface area contributed by atoms with E-state index in [0.29, 0.717) is 29.8 Å². The normalized spacial score (nSPS) is 22.3. The molecular weight excluding hydrogens is 286 g/mol. The second-order valence-electron chi connectivity index (χ2n) is 5.90. The average molecular weight is 305 g/mol. The molecule has 0 radical (unpaired) electrons. The Hall–Kier alpha value is -1.53. The van der Waals surface area contributed by atoms with Crippen LogP contribution in [0, 0.1) is 0 Å². The lowest BCUT2D eigenvalue weighted by atomic mass is 10.1. The van der Waals surface area contributed by atoms with Crippen LogP contribution in [0.5, 0.6) is 0 Å². The molecule has 2 aromatic rings. The Bertz CT molecular complexity index is 639. The molecule has 0 unspecified atom stereocenters. The summed E-state index contributed by atoms with van der Waals surface area (Å²) in [7, 11) is -0.721. The largest absolute Gasteiger partial charge is 0.338 e. The van der Waals surface area contributed by atoms with Gasteiger partial charge in [0.1, 0.15) is 0 Å². The van der Waals surface area contributed by atoms with Gasteiger partial charge in [0, 0.05) is 40.0 Å². The van der Waals surface area contributed by atoms with E-state index in [0.717, 1.165) is 12.1 Å². The molecule has 0 spiro atoms. The summed E-state index contributed by atoms with van der Waals surface area (Å²) in [5.41, 5.74) is 0.844. The van der Waals surface area contributed by atoms with Crippen LogP contribution in [0.3, 0.4) is 0 Å². The van der Waals surface area contributed by atoms with Gasteiger partial charge in [-0.25, -0.2) is 0 Å². The fourth-order valence-corrected chi connectivity index (χ4v) is 4.09. The highest BCUT2D eigenvalue weighted by Gasteiger charge is 2.34. The smallest absolute Gasteiger partial charge is 0.241 e. The van der Waals surface area contributed by atoms with Crippen LogP contribution in [0.2, 0.25) is 0 Å². The van der Waals surface area contributed by atoms with Gasteiger partial charge in [-0.15, -0.1) is 0 Å². The molecule has 2 heterocycles. The van der Waals surface area contributed by atoms with Gasteiger partial charge in [-0.1, -0.05) is 35.5 Å². The number of benzene rings is 1. The van der Waals surface area contributed by atoms with Gasteiger partial charge < -0.3 is 4.52 Å². The Kier molecular flexibility index (Phi) is 3.91. The molecule has 0 bridgehead atoms. The first-order chi connectivity index (χ1) is 10.0. The molecule has 1 aliphatic heterocycles. The van der Waals surface area contributed by atoms with Gasteiger partial charge in [-0.2, -0.15) is 4.98 Å². The highest BCUT2D eigenvalue weighted by molar-refractivity contribution is 7.85. The second kappa shape index (κ2) is 5.69. The van der Waals surface area contributed by atoms with Crippen molar-refractivity contribution < 1.29 is 8.73 Å². The van der Waals surface area contributed by atoms with E-state index in [-0.39, 0.29) is 5.54 Å². The summed E-state index contributed by atoms with van der Waals surface area (Å²) in [5, 5.41) is 4.04. The van der Waals surface area contributed by atoms with Gasteiger partial charge in [-0.3, -0.25) is 9.11 Å². The Balaban J connectivity index is 1.74. The van der Waals surface area contributed by atoms with E-state index >= 15 is 0 Å². The van der Waals surface area contributed by atoms with E-state index in [1.807, 2.05) is 30.3 Å². The molecule has 1 fully saturated rings. The zero-order valence-electron chi connectivity index (χ0n) is 12.3. The first kappa shape index (κ1) is 14.4. The summed E-state index contributed by atoms with van der Waals surface area (Å²) >= 11 is 0. The van der Waals surface area contributed by atoms with Crippen LogP contribution in [0.25, 0.3) is 11.4 Å². The third-order valence-corrected chi connectivity index (χ3v) is 5.45. The molecular formula is C15H19N3O2S. The molecule has 0 aliphatic carbocycles. The van der Waals surface area contributed by atoms with Gasteiger partial charge in [0.25, 0.3) is 0 Å². The van der Waals surface area contributed by atoms with Crippen LogP contribution < -0.4 is 0 Å². The molecule has 112 valence electrons. The van der Waals surface area contributed by atoms with E-state index in [9.17, 15) is 4.21 Å². The van der Waals surface area contributed by atoms with Gasteiger partial charge >= 0.3 is 0 Å². The lowest BCUT2D eigenvalue weighted by Crippen LogP contribution is -2.53. The van der Waals surface area contributed by atoms with Crippen molar-refractivity contribution in [3.05, 3.63) is 36.2 Å². The summed E-state index contributed by atoms with van der Waals surface area (Å²) in [6.45, 7) is 5.61. The molecule has 1 aromatic heterocycles. The lowest BCUT2D eigenvalue weighted by molar-refractivity contribution is 0.117. The molecule has 0 amide bonds. The van der Waals surface area contributed by atoms with Crippen molar-refractivity contribution in [2.75, 3.05) is 18.1 Å². The number of aromatic nitrogens is 2. The van der Waals surface area contributed by atoms with Gasteiger partial charge in [0.15, 0.2) is 0 Å². The third kappa shape index (κ3) is 3.22. The molecule has 1 atom stereocenters. The molecule has 1 aliphatic rings. The second-order valence-corrected chi connectivity index (χ2v) is 7.48. The van der Waals surface area contributed by atoms with E-state index in [1.165, 1.54) is 0 Å².